The summed E-state index contributed by atoms with van der Waals surface area (Å²) in [5.41, 5.74) is 3.44. The lowest BCUT2D eigenvalue weighted by Crippen LogP contribution is -2.23. The highest BCUT2D eigenvalue weighted by molar-refractivity contribution is 7.13. The summed E-state index contributed by atoms with van der Waals surface area (Å²) in [5.74, 6) is -0.346. The van der Waals surface area contributed by atoms with E-state index in [0.717, 1.165) is 10.6 Å². The molecule has 0 spiro atoms. The lowest BCUT2D eigenvalue weighted by atomic mass is 10.3. The van der Waals surface area contributed by atoms with Crippen LogP contribution in [0.25, 0.3) is 10.6 Å². The molecule has 0 unspecified atom stereocenters. The van der Waals surface area contributed by atoms with E-state index in [9.17, 15) is 4.79 Å². The van der Waals surface area contributed by atoms with Crippen LogP contribution in [0.15, 0.2) is 23.6 Å². The van der Waals surface area contributed by atoms with Crippen molar-refractivity contribution < 1.29 is 9.63 Å². The van der Waals surface area contributed by atoms with Gasteiger partial charge in [-0.3, -0.25) is 14.7 Å². The van der Waals surface area contributed by atoms with Crippen LogP contribution in [0.4, 0.5) is 0 Å². The van der Waals surface area contributed by atoms with Gasteiger partial charge in [-0.05, 0) is 24.4 Å². The smallest absolute Gasteiger partial charge is 0.276 e. The van der Waals surface area contributed by atoms with Crippen LogP contribution in [0.2, 0.25) is 0 Å². The summed E-state index contributed by atoms with van der Waals surface area (Å²) in [6, 6.07) is 5.60. The van der Waals surface area contributed by atoms with Crippen molar-refractivity contribution in [1.82, 2.24) is 15.7 Å². The highest BCUT2D eigenvalue weighted by Gasteiger charge is 2.11. The van der Waals surface area contributed by atoms with E-state index in [-0.39, 0.29) is 5.91 Å². The predicted octanol–water partition coefficient (Wildman–Crippen LogP) is 1.82. The highest BCUT2D eigenvalue weighted by atomic mass is 32.1. The maximum absolute atomic E-state index is 11.5. The van der Waals surface area contributed by atoms with Crippen molar-refractivity contribution in [2.24, 2.45) is 0 Å². The van der Waals surface area contributed by atoms with E-state index < -0.39 is 0 Å². The van der Waals surface area contributed by atoms with Crippen LogP contribution in [0.5, 0.6) is 0 Å². The second-order valence-electron chi connectivity index (χ2n) is 3.01. The number of aromatic amines is 1. The Kier molecular flexibility index (Phi) is 3.33. The van der Waals surface area contributed by atoms with Crippen LogP contribution in [-0.2, 0) is 4.84 Å². The number of hydrogen-bond donors (Lipinski definition) is 2. The Morgan fingerprint density at radius 3 is 3.25 bits per heavy atom. The van der Waals surface area contributed by atoms with E-state index in [1.54, 1.807) is 24.3 Å². The Bertz CT molecular complexity index is 464. The van der Waals surface area contributed by atoms with E-state index in [1.165, 1.54) is 0 Å². The number of H-pyrrole nitrogens is 1. The molecule has 2 rings (SSSR count). The molecular weight excluding hydrogens is 226 g/mol. The van der Waals surface area contributed by atoms with Crippen LogP contribution >= 0.6 is 11.3 Å². The number of nitrogens with one attached hydrogen (secondary N) is 2. The molecule has 84 valence electrons. The molecule has 6 heteroatoms. The summed E-state index contributed by atoms with van der Waals surface area (Å²) >= 11 is 1.58. The highest BCUT2D eigenvalue weighted by Crippen LogP contribution is 2.22. The molecule has 0 aliphatic heterocycles. The monoisotopic (exact) mass is 237 g/mol. The van der Waals surface area contributed by atoms with Gasteiger partial charge in [-0.25, -0.2) is 5.48 Å². The lowest BCUT2D eigenvalue weighted by Gasteiger charge is -1.98. The fraction of sp³-hybridized carbons (Fsp3) is 0.200. The molecule has 0 aromatic carbocycles. The zero-order chi connectivity index (χ0) is 11.4. The average Bonchev–Trinajstić information content (AvgIpc) is 2.94. The topological polar surface area (TPSA) is 67.0 Å². The van der Waals surface area contributed by atoms with Crippen LogP contribution < -0.4 is 5.48 Å². The molecule has 0 saturated heterocycles. The van der Waals surface area contributed by atoms with E-state index >= 15 is 0 Å². The zero-order valence-corrected chi connectivity index (χ0v) is 9.50. The largest absolute Gasteiger partial charge is 0.295 e. The number of carbonyl (C=O) groups excluding carboxylic acids is 1. The Morgan fingerprint density at radius 1 is 1.69 bits per heavy atom. The molecule has 5 nitrogen and oxygen atoms in total. The number of thiophene rings is 1. The molecule has 2 N–H and O–H groups in total. The van der Waals surface area contributed by atoms with Crippen LogP contribution in [0.1, 0.15) is 17.4 Å². The van der Waals surface area contributed by atoms with E-state index in [0.29, 0.717) is 12.3 Å². The predicted molar refractivity (Wildman–Crippen MR) is 61.0 cm³/mol. The molecule has 2 aromatic rings. The van der Waals surface area contributed by atoms with Gasteiger partial charge in [-0.15, -0.1) is 11.3 Å². The zero-order valence-electron chi connectivity index (χ0n) is 8.69. The number of carbonyl (C=O) groups is 1. The van der Waals surface area contributed by atoms with Gasteiger partial charge in [0.2, 0.25) is 0 Å². The molecule has 0 saturated carbocycles. The first-order valence-electron chi connectivity index (χ1n) is 4.82. The maximum Gasteiger partial charge on any atom is 0.295 e. The summed E-state index contributed by atoms with van der Waals surface area (Å²) in [5, 5.41) is 8.69. The Balaban J connectivity index is 2.11. The maximum atomic E-state index is 11.5. The number of rotatable bonds is 4. The number of amides is 1. The third kappa shape index (κ3) is 2.29. The normalized spacial score (nSPS) is 10.3. The van der Waals surface area contributed by atoms with Crippen molar-refractivity contribution in [2.45, 2.75) is 6.92 Å². The minimum atomic E-state index is -0.346. The first-order chi connectivity index (χ1) is 7.81. The second-order valence-corrected chi connectivity index (χ2v) is 3.96. The van der Waals surface area contributed by atoms with Gasteiger partial charge in [-0.2, -0.15) is 5.10 Å². The van der Waals surface area contributed by atoms with E-state index in [2.05, 4.69) is 15.7 Å². The lowest BCUT2D eigenvalue weighted by molar-refractivity contribution is 0.0360. The first-order valence-corrected chi connectivity index (χ1v) is 5.70. The van der Waals surface area contributed by atoms with Crippen molar-refractivity contribution in [3.63, 3.8) is 0 Å². The second kappa shape index (κ2) is 4.91. The van der Waals surface area contributed by atoms with Gasteiger partial charge in [0, 0.05) is 0 Å². The fourth-order valence-electron chi connectivity index (χ4n) is 1.19. The first kappa shape index (κ1) is 10.8. The molecule has 16 heavy (non-hydrogen) atoms. The Hall–Kier alpha value is -1.66. The van der Waals surface area contributed by atoms with Gasteiger partial charge >= 0.3 is 0 Å². The van der Waals surface area contributed by atoms with Crippen molar-refractivity contribution >= 4 is 17.2 Å². The van der Waals surface area contributed by atoms with Gasteiger partial charge in [0.05, 0.1) is 17.2 Å². The van der Waals surface area contributed by atoms with Gasteiger partial charge in [0.15, 0.2) is 5.69 Å². The van der Waals surface area contributed by atoms with Gasteiger partial charge in [-0.1, -0.05) is 6.07 Å². The third-order valence-electron chi connectivity index (χ3n) is 1.91. The van der Waals surface area contributed by atoms with Crippen LogP contribution in [0.3, 0.4) is 0 Å². The van der Waals surface area contributed by atoms with E-state index in [4.69, 9.17) is 4.84 Å². The van der Waals surface area contributed by atoms with Crippen molar-refractivity contribution in [3.8, 4) is 10.6 Å². The summed E-state index contributed by atoms with van der Waals surface area (Å²) in [7, 11) is 0. The summed E-state index contributed by atoms with van der Waals surface area (Å²) in [4.78, 5) is 17.3. The quantitative estimate of drug-likeness (QED) is 0.797. The molecule has 0 fully saturated rings. The van der Waals surface area contributed by atoms with Crippen molar-refractivity contribution in [3.05, 3.63) is 29.3 Å². The Labute approximate surface area is 96.4 Å². The number of hydrogen-bond acceptors (Lipinski definition) is 4. The standard InChI is InChI=1S/C10H11N3O2S/c1-2-15-13-10(14)8-6-7(11-12-8)9-4-3-5-16-9/h3-6H,2H2,1H3,(H,11,12)(H,13,14). The van der Waals surface area contributed by atoms with Crippen LogP contribution in [0, 0.1) is 0 Å². The molecule has 1 amide bonds. The van der Waals surface area contributed by atoms with Gasteiger partial charge in [0.25, 0.3) is 5.91 Å². The molecule has 0 radical (unpaired) electrons. The molecule has 0 aliphatic carbocycles. The fourth-order valence-corrected chi connectivity index (χ4v) is 1.88. The SMILES string of the molecule is CCONC(=O)c1cc(-c2cccs2)[nH]n1. The minimum absolute atomic E-state index is 0.317. The van der Waals surface area contributed by atoms with Crippen molar-refractivity contribution in [2.75, 3.05) is 6.61 Å². The molecule has 0 atom stereocenters. The summed E-state index contributed by atoms with van der Waals surface area (Å²) < 4.78 is 0. The van der Waals surface area contributed by atoms with Gasteiger partial charge in [0.1, 0.15) is 0 Å². The number of nitrogens with zero attached hydrogens (tertiary/aromatic N) is 1. The van der Waals surface area contributed by atoms with Crippen LogP contribution in [-0.4, -0.2) is 22.7 Å². The number of hydroxylamine groups is 1. The third-order valence-corrected chi connectivity index (χ3v) is 2.81. The molecule has 2 heterocycles. The molecule has 0 bridgehead atoms. The number of aromatic nitrogens is 2. The molecule has 2 aromatic heterocycles. The Morgan fingerprint density at radius 2 is 2.56 bits per heavy atom. The van der Waals surface area contributed by atoms with Crippen molar-refractivity contribution in [1.29, 1.82) is 0 Å². The average molecular weight is 237 g/mol. The summed E-state index contributed by atoms with van der Waals surface area (Å²) in [6.45, 7) is 2.22. The minimum Gasteiger partial charge on any atom is -0.276 e. The molecule has 0 aliphatic rings. The van der Waals surface area contributed by atoms with E-state index in [1.807, 2.05) is 17.5 Å². The summed E-state index contributed by atoms with van der Waals surface area (Å²) in [6.07, 6.45) is 0. The molecular formula is C10H11N3O2S. The van der Waals surface area contributed by atoms with Gasteiger partial charge < -0.3 is 0 Å².